The zero-order chi connectivity index (χ0) is 12.0. The van der Waals surface area contributed by atoms with Crippen molar-refractivity contribution in [3.63, 3.8) is 0 Å². The number of nitrogens with one attached hydrogen (secondary N) is 1. The molecular weight excluding hydrogens is 220 g/mol. The van der Waals surface area contributed by atoms with Crippen molar-refractivity contribution in [3.05, 3.63) is 35.4 Å². The van der Waals surface area contributed by atoms with Crippen LogP contribution in [0.3, 0.4) is 0 Å². The highest BCUT2D eigenvalue weighted by molar-refractivity contribution is 5.34. The van der Waals surface area contributed by atoms with E-state index in [4.69, 9.17) is 0 Å². The van der Waals surface area contributed by atoms with E-state index < -0.39 is 0 Å². The Morgan fingerprint density at radius 3 is 2.82 bits per heavy atom. The van der Waals surface area contributed by atoms with Gasteiger partial charge in [-0.3, -0.25) is 0 Å². The van der Waals surface area contributed by atoms with Crippen LogP contribution in [-0.4, -0.2) is 12.6 Å². The summed E-state index contributed by atoms with van der Waals surface area (Å²) in [7, 11) is 0. The highest BCUT2D eigenvalue weighted by atomic mass is 19.1. The molecule has 2 aliphatic carbocycles. The van der Waals surface area contributed by atoms with Crippen LogP contribution >= 0.6 is 0 Å². The summed E-state index contributed by atoms with van der Waals surface area (Å²) in [5.41, 5.74) is 0.369. The van der Waals surface area contributed by atoms with Crippen LogP contribution in [0.1, 0.15) is 31.7 Å². The lowest BCUT2D eigenvalue weighted by molar-refractivity contribution is 0.530. The fraction of sp³-hybridized carbons (Fsp3) is 0.571. The Morgan fingerprint density at radius 2 is 2.12 bits per heavy atom. The van der Waals surface area contributed by atoms with Crippen molar-refractivity contribution in [2.75, 3.05) is 6.54 Å². The molecule has 0 amide bonds. The molecule has 0 aromatic heterocycles. The summed E-state index contributed by atoms with van der Waals surface area (Å²) in [5, 5.41) is 3.46. The summed E-state index contributed by atoms with van der Waals surface area (Å²) in [6, 6.07) is 4.45. The monoisotopic (exact) mass is 237 g/mol. The molecule has 2 atom stereocenters. The van der Waals surface area contributed by atoms with Crippen LogP contribution in [0.5, 0.6) is 0 Å². The van der Waals surface area contributed by atoms with Crippen molar-refractivity contribution in [1.29, 1.82) is 0 Å². The van der Waals surface area contributed by atoms with Crippen LogP contribution in [0.2, 0.25) is 0 Å². The van der Waals surface area contributed by atoms with E-state index in [0.29, 0.717) is 17.5 Å². The minimum atomic E-state index is -0.344. The molecule has 1 nitrogen and oxygen atoms in total. The zero-order valence-corrected chi connectivity index (χ0v) is 9.97. The van der Waals surface area contributed by atoms with Gasteiger partial charge in [-0.05, 0) is 60.9 Å². The number of halogens is 2. The molecule has 0 radical (unpaired) electrons. The Morgan fingerprint density at radius 1 is 1.35 bits per heavy atom. The number of rotatable bonds is 4. The van der Waals surface area contributed by atoms with Crippen molar-refractivity contribution >= 4 is 0 Å². The first kappa shape index (κ1) is 11.1. The maximum atomic E-state index is 13.7. The maximum absolute atomic E-state index is 13.7. The SMILES string of the molecule is CC1(c2cc(F)ccc2F)CC1CNC1CC1. The van der Waals surface area contributed by atoms with Gasteiger partial charge in [0.15, 0.2) is 0 Å². The Hall–Kier alpha value is -0.960. The minimum absolute atomic E-state index is 0.173. The molecule has 0 bridgehead atoms. The maximum Gasteiger partial charge on any atom is 0.127 e. The van der Waals surface area contributed by atoms with Crippen LogP contribution in [0, 0.1) is 17.6 Å². The lowest BCUT2D eigenvalue weighted by atomic mass is 9.94. The van der Waals surface area contributed by atoms with Gasteiger partial charge in [0, 0.05) is 6.04 Å². The summed E-state index contributed by atoms with van der Waals surface area (Å²) < 4.78 is 26.9. The molecule has 1 aromatic rings. The number of hydrogen-bond acceptors (Lipinski definition) is 1. The third kappa shape index (κ3) is 2.08. The van der Waals surface area contributed by atoms with Crippen molar-refractivity contribution in [2.45, 2.75) is 37.6 Å². The van der Waals surface area contributed by atoms with Gasteiger partial charge in [0.05, 0.1) is 0 Å². The average molecular weight is 237 g/mol. The second-order valence-corrected chi connectivity index (χ2v) is 5.63. The zero-order valence-electron chi connectivity index (χ0n) is 9.97. The molecule has 0 aliphatic heterocycles. The lowest BCUT2D eigenvalue weighted by Crippen LogP contribution is -2.22. The van der Waals surface area contributed by atoms with Crippen molar-refractivity contribution in [3.8, 4) is 0 Å². The van der Waals surface area contributed by atoms with E-state index in [1.807, 2.05) is 6.92 Å². The fourth-order valence-electron chi connectivity index (χ4n) is 2.61. The molecule has 1 aromatic carbocycles. The second kappa shape index (κ2) is 3.77. The van der Waals surface area contributed by atoms with Gasteiger partial charge in [-0.25, -0.2) is 8.78 Å². The van der Waals surface area contributed by atoms with Gasteiger partial charge in [-0.2, -0.15) is 0 Å². The summed E-state index contributed by atoms with van der Waals surface area (Å²) in [5.74, 6) is -0.175. The fourth-order valence-corrected chi connectivity index (χ4v) is 2.61. The first-order chi connectivity index (χ1) is 8.09. The van der Waals surface area contributed by atoms with E-state index in [2.05, 4.69) is 5.32 Å². The second-order valence-electron chi connectivity index (χ2n) is 5.63. The minimum Gasteiger partial charge on any atom is -0.314 e. The van der Waals surface area contributed by atoms with E-state index in [-0.39, 0.29) is 17.0 Å². The van der Waals surface area contributed by atoms with E-state index >= 15 is 0 Å². The van der Waals surface area contributed by atoms with Crippen LogP contribution < -0.4 is 5.32 Å². The van der Waals surface area contributed by atoms with Gasteiger partial charge >= 0.3 is 0 Å². The molecule has 0 saturated heterocycles. The highest BCUT2D eigenvalue weighted by Gasteiger charge is 2.52. The molecule has 2 aliphatic rings. The lowest BCUT2D eigenvalue weighted by Gasteiger charge is -2.13. The Labute approximate surface area is 100 Å². The molecule has 92 valence electrons. The van der Waals surface area contributed by atoms with E-state index in [9.17, 15) is 8.78 Å². The topological polar surface area (TPSA) is 12.0 Å². The average Bonchev–Trinajstić information content (AvgIpc) is 3.17. The summed E-state index contributed by atoms with van der Waals surface area (Å²) in [4.78, 5) is 0. The first-order valence-electron chi connectivity index (χ1n) is 6.28. The molecule has 2 unspecified atom stereocenters. The Balaban J connectivity index is 1.72. The van der Waals surface area contributed by atoms with Gasteiger partial charge in [0.25, 0.3) is 0 Å². The van der Waals surface area contributed by atoms with Gasteiger partial charge in [-0.15, -0.1) is 0 Å². The van der Waals surface area contributed by atoms with Gasteiger partial charge in [0.2, 0.25) is 0 Å². The molecule has 3 heteroatoms. The van der Waals surface area contributed by atoms with Gasteiger partial charge < -0.3 is 5.32 Å². The van der Waals surface area contributed by atoms with Crippen LogP contribution in [0.4, 0.5) is 8.78 Å². The van der Waals surface area contributed by atoms with Crippen LogP contribution in [0.25, 0.3) is 0 Å². The Kier molecular flexibility index (Phi) is 2.47. The van der Waals surface area contributed by atoms with Crippen LogP contribution in [0.15, 0.2) is 18.2 Å². The molecule has 2 fully saturated rings. The highest BCUT2D eigenvalue weighted by Crippen LogP contribution is 2.54. The van der Waals surface area contributed by atoms with Crippen molar-refractivity contribution in [2.24, 2.45) is 5.92 Å². The van der Waals surface area contributed by atoms with Crippen molar-refractivity contribution in [1.82, 2.24) is 5.32 Å². The first-order valence-corrected chi connectivity index (χ1v) is 6.28. The normalized spacial score (nSPS) is 31.6. The standard InChI is InChI=1S/C14H17F2N/c1-14(7-9(14)8-17-11-3-4-11)12-6-10(15)2-5-13(12)16/h2,5-6,9,11,17H,3-4,7-8H2,1H3. The van der Waals surface area contributed by atoms with E-state index in [1.54, 1.807) is 0 Å². The van der Waals surface area contributed by atoms with E-state index in [1.165, 1.54) is 31.0 Å². The summed E-state index contributed by atoms with van der Waals surface area (Å²) >= 11 is 0. The summed E-state index contributed by atoms with van der Waals surface area (Å²) in [6.45, 7) is 2.96. The number of hydrogen-bond donors (Lipinski definition) is 1. The smallest absolute Gasteiger partial charge is 0.127 e. The largest absolute Gasteiger partial charge is 0.314 e. The van der Waals surface area contributed by atoms with Crippen LogP contribution in [-0.2, 0) is 5.41 Å². The molecule has 2 saturated carbocycles. The van der Waals surface area contributed by atoms with Gasteiger partial charge in [-0.1, -0.05) is 6.92 Å². The predicted octanol–water partition coefficient (Wildman–Crippen LogP) is 2.99. The summed E-state index contributed by atoms with van der Waals surface area (Å²) in [6.07, 6.45) is 3.47. The quantitative estimate of drug-likeness (QED) is 0.849. The molecule has 0 spiro atoms. The molecule has 17 heavy (non-hydrogen) atoms. The molecule has 1 N–H and O–H groups in total. The Bertz CT molecular complexity index is 442. The molecule has 0 heterocycles. The third-order valence-corrected chi connectivity index (χ3v) is 4.19. The van der Waals surface area contributed by atoms with E-state index in [0.717, 1.165) is 13.0 Å². The molecule has 3 rings (SSSR count). The predicted molar refractivity (Wildman–Crippen MR) is 62.8 cm³/mol. The van der Waals surface area contributed by atoms with Gasteiger partial charge in [0.1, 0.15) is 11.6 Å². The third-order valence-electron chi connectivity index (χ3n) is 4.19. The number of benzene rings is 1. The van der Waals surface area contributed by atoms with Crippen molar-refractivity contribution < 1.29 is 8.78 Å². The molecular formula is C14H17F2N.